The molecule has 0 saturated carbocycles. The lowest BCUT2D eigenvalue weighted by Crippen LogP contribution is -2.22. The smallest absolute Gasteiger partial charge is 0.319 e. The van der Waals surface area contributed by atoms with E-state index in [-0.39, 0.29) is 17.6 Å². The maximum absolute atomic E-state index is 12.6. The number of halogens is 2. The van der Waals surface area contributed by atoms with Gasteiger partial charge >= 0.3 is 5.97 Å². The summed E-state index contributed by atoms with van der Waals surface area (Å²) in [5, 5.41) is -0.123. The van der Waals surface area contributed by atoms with Crippen LogP contribution in [0.15, 0.2) is 0 Å². The van der Waals surface area contributed by atoms with E-state index < -0.39 is 5.92 Å². The van der Waals surface area contributed by atoms with Crippen LogP contribution < -0.4 is 0 Å². The van der Waals surface area contributed by atoms with Crippen molar-refractivity contribution >= 4 is 17.7 Å². The van der Waals surface area contributed by atoms with Crippen molar-refractivity contribution in [2.45, 2.75) is 71.0 Å². The van der Waals surface area contributed by atoms with E-state index in [1.807, 2.05) is 0 Å². The predicted molar refractivity (Wildman–Crippen MR) is 81.4 cm³/mol. The summed E-state index contributed by atoms with van der Waals surface area (Å²) >= 11 is 1.59. The number of ether oxygens (including phenoxy) is 1. The summed E-state index contributed by atoms with van der Waals surface area (Å²) in [6.07, 6.45) is 2.95. The minimum Gasteiger partial charge on any atom is -0.465 e. The van der Waals surface area contributed by atoms with Crippen molar-refractivity contribution in [2.75, 3.05) is 12.4 Å². The Balaban J connectivity index is 3.87. The predicted octanol–water partition coefficient (Wildman–Crippen LogP) is 4.91. The minimum atomic E-state index is -2.56. The molecule has 0 aromatic rings. The molecule has 0 saturated heterocycles. The van der Waals surface area contributed by atoms with E-state index in [0.717, 1.165) is 31.9 Å². The second-order valence-electron chi connectivity index (χ2n) is 5.62. The fourth-order valence-corrected chi connectivity index (χ4v) is 3.22. The van der Waals surface area contributed by atoms with Gasteiger partial charge in [0.25, 0.3) is 0 Å². The van der Waals surface area contributed by atoms with Crippen molar-refractivity contribution in [1.82, 2.24) is 0 Å². The van der Waals surface area contributed by atoms with Gasteiger partial charge in [0.2, 0.25) is 5.92 Å². The number of thioether (sulfide) groups is 1. The first kappa shape index (κ1) is 19.7. The van der Waals surface area contributed by atoms with E-state index >= 15 is 0 Å². The van der Waals surface area contributed by atoms with Crippen molar-refractivity contribution in [2.24, 2.45) is 5.92 Å². The lowest BCUT2D eigenvalue weighted by Gasteiger charge is -2.17. The fraction of sp³-hybridized carbons (Fsp3) is 0.933. The largest absolute Gasteiger partial charge is 0.465 e. The minimum absolute atomic E-state index is 0.0506. The molecular formula is C15H28F2O2S. The molecule has 0 spiro atoms. The van der Waals surface area contributed by atoms with Gasteiger partial charge in [0.1, 0.15) is 5.25 Å². The number of carbonyl (C=O) groups excluding carboxylic acids is 1. The van der Waals surface area contributed by atoms with Crippen molar-refractivity contribution in [1.29, 1.82) is 0 Å². The summed E-state index contributed by atoms with van der Waals surface area (Å²) in [5.74, 6) is -1.44. The summed E-state index contributed by atoms with van der Waals surface area (Å²) < 4.78 is 30.3. The highest BCUT2D eigenvalue weighted by Crippen LogP contribution is 2.24. The monoisotopic (exact) mass is 310 g/mol. The Morgan fingerprint density at radius 1 is 1.25 bits per heavy atom. The molecule has 0 aliphatic heterocycles. The van der Waals surface area contributed by atoms with E-state index in [1.54, 1.807) is 18.7 Å². The van der Waals surface area contributed by atoms with Crippen LogP contribution in [0.4, 0.5) is 8.78 Å². The molecule has 0 aromatic heterocycles. The third-order valence-electron chi connectivity index (χ3n) is 2.81. The van der Waals surface area contributed by atoms with Crippen LogP contribution in [0.2, 0.25) is 0 Å². The first-order chi connectivity index (χ1) is 9.26. The summed E-state index contributed by atoms with van der Waals surface area (Å²) in [6.45, 7) is 7.33. The topological polar surface area (TPSA) is 26.3 Å². The van der Waals surface area contributed by atoms with Crippen LogP contribution in [-0.2, 0) is 9.53 Å². The highest BCUT2D eigenvalue weighted by Gasteiger charge is 2.22. The molecular weight excluding hydrogens is 282 g/mol. The van der Waals surface area contributed by atoms with Crippen molar-refractivity contribution in [3.63, 3.8) is 0 Å². The zero-order valence-corrected chi connectivity index (χ0v) is 13.9. The maximum atomic E-state index is 12.6. The number of esters is 1. The quantitative estimate of drug-likeness (QED) is 0.400. The molecule has 0 aliphatic carbocycles. The Morgan fingerprint density at radius 2 is 1.90 bits per heavy atom. The van der Waals surface area contributed by atoms with E-state index in [2.05, 4.69) is 13.8 Å². The molecule has 0 heterocycles. The van der Waals surface area contributed by atoms with Gasteiger partial charge in [0.15, 0.2) is 0 Å². The third kappa shape index (κ3) is 11.5. The number of alkyl halides is 2. The SMILES string of the molecule is CCOC(=O)C(CC(C)C)SCCCCCC(C)(F)F. The Morgan fingerprint density at radius 3 is 2.40 bits per heavy atom. The second kappa shape index (κ2) is 10.4. The number of unbranched alkanes of at least 4 members (excludes halogenated alkanes) is 2. The highest BCUT2D eigenvalue weighted by molar-refractivity contribution is 8.00. The summed E-state index contributed by atoms with van der Waals surface area (Å²) in [6, 6.07) is 0. The van der Waals surface area contributed by atoms with Crippen molar-refractivity contribution in [3.05, 3.63) is 0 Å². The van der Waals surface area contributed by atoms with Crippen LogP contribution in [0.3, 0.4) is 0 Å². The van der Waals surface area contributed by atoms with Gasteiger partial charge in [-0.3, -0.25) is 4.79 Å². The molecule has 0 bridgehead atoms. The molecule has 0 rings (SSSR count). The Bertz CT molecular complexity index is 265. The van der Waals surface area contributed by atoms with Gasteiger partial charge in [-0.15, -0.1) is 11.8 Å². The molecule has 5 heteroatoms. The summed E-state index contributed by atoms with van der Waals surface area (Å²) in [7, 11) is 0. The van der Waals surface area contributed by atoms with Gasteiger partial charge in [-0.2, -0.15) is 0 Å². The molecule has 0 aliphatic rings. The number of rotatable bonds is 11. The lowest BCUT2D eigenvalue weighted by molar-refractivity contribution is -0.142. The second-order valence-corrected chi connectivity index (χ2v) is 6.93. The highest BCUT2D eigenvalue weighted by atomic mass is 32.2. The first-order valence-electron chi connectivity index (χ1n) is 7.42. The van der Waals surface area contributed by atoms with Gasteiger partial charge < -0.3 is 4.74 Å². The first-order valence-corrected chi connectivity index (χ1v) is 8.47. The number of hydrogen-bond donors (Lipinski definition) is 0. The van der Waals surface area contributed by atoms with Gasteiger partial charge in [-0.05, 0) is 44.8 Å². The maximum Gasteiger partial charge on any atom is 0.319 e. The Hall–Kier alpha value is -0.320. The summed E-state index contributed by atoms with van der Waals surface area (Å²) in [5.41, 5.74) is 0. The van der Waals surface area contributed by atoms with Crippen LogP contribution in [0, 0.1) is 5.92 Å². The van der Waals surface area contributed by atoms with Gasteiger partial charge in [0, 0.05) is 6.42 Å². The molecule has 0 aromatic carbocycles. The van der Waals surface area contributed by atoms with Gasteiger partial charge in [-0.1, -0.05) is 20.3 Å². The molecule has 20 heavy (non-hydrogen) atoms. The van der Waals surface area contributed by atoms with E-state index in [9.17, 15) is 13.6 Å². The Labute approximate surface area is 126 Å². The van der Waals surface area contributed by atoms with Crippen LogP contribution in [0.25, 0.3) is 0 Å². The van der Waals surface area contributed by atoms with Crippen LogP contribution in [-0.4, -0.2) is 29.5 Å². The zero-order valence-electron chi connectivity index (χ0n) is 13.1. The molecule has 1 atom stereocenters. The Kier molecular flexibility index (Phi) is 10.2. The van der Waals surface area contributed by atoms with Gasteiger partial charge in [0.05, 0.1) is 6.61 Å². The van der Waals surface area contributed by atoms with E-state index in [0.29, 0.717) is 18.9 Å². The normalized spacial score (nSPS) is 13.6. The average Bonchev–Trinajstić information content (AvgIpc) is 2.30. The molecule has 0 radical (unpaired) electrons. The zero-order chi connectivity index (χ0) is 15.6. The molecule has 0 N–H and O–H groups in total. The standard InChI is InChI=1S/C15H28F2O2S/c1-5-19-14(18)13(11-12(2)3)20-10-8-6-7-9-15(4,16)17/h12-13H,5-11H2,1-4H3. The molecule has 0 amide bonds. The molecule has 0 fully saturated rings. The van der Waals surface area contributed by atoms with E-state index in [4.69, 9.17) is 4.74 Å². The van der Waals surface area contributed by atoms with Crippen LogP contribution in [0.5, 0.6) is 0 Å². The van der Waals surface area contributed by atoms with Crippen LogP contribution >= 0.6 is 11.8 Å². The fourth-order valence-electron chi connectivity index (χ4n) is 1.84. The average molecular weight is 310 g/mol. The summed E-state index contributed by atoms with van der Waals surface area (Å²) in [4.78, 5) is 11.8. The third-order valence-corrected chi connectivity index (χ3v) is 4.13. The molecule has 1 unspecified atom stereocenters. The van der Waals surface area contributed by atoms with Crippen LogP contribution in [0.1, 0.15) is 59.8 Å². The van der Waals surface area contributed by atoms with Crippen molar-refractivity contribution < 1.29 is 18.3 Å². The number of carbonyl (C=O) groups is 1. The molecule has 120 valence electrons. The van der Waals surface area contributed by atoms with Crippen molar-refractivity contribution in [3.8, 4) is 0 Å². The molecule has 2 nitrogen and oxygen atoms in total. The number of hydrogen-bond acceptors (Lipinski definition) is 3. The van der Waals surface area contributed by atoms with Gasteiger partial charge in [-0.25, -0.2) is 8.78 Å². The van der Waals surface area contributed by atoms with E-state index in [1.165, 1.54) is 0 Å². The lowest BCUT2D eigenvalue weighted by atomic mass is 10.1.